The quantitative estimate of drug-likeness (QED) is 0.492. The lowest BCUT2D eigenvalue weighted by Gasteiger charge is -1.69. The maximum Gasteiger partial charge on any atom is -0.0348 e. The van der Waals surface area contributed by atoms with Crippen LogP contribution in [0.4, 0.5) is 0 Å². The molecule has 2 rings (SSSR count). The van der Waals surface area contributed by atoms with Gasteiger partial charge in [0.25, 0.3) is 0 Å². The van der Waals surface area contributed by atoms with Crippen molar-refractivity contribution < 1.29 is 0 Å². The third-order valence-corrected chi connectivity index (χ3v) is 1.57. The summed E-state index contributed by atoms with van der Waals surface area (Å²) in [6.45, 7) is 0. The summed E-state index contributed by atoms with van der Waals surface area (Å²) in [5.41, 5.74) is 0. The van der Waals surface area contributed by atoms with E-state index in [2.05, 4.69) is 12.2 Å². The van der Waals surface area contributed by atoms with Crippen molar-refractivity contribution in [1.29, 1.82) is 0 Å². The van der Waals surface area contributed by atoms with Crippen LogP contribution in [0, 0.1) is 0 Å². The van der Waals surface area contributed by atoms with Crippen LogP contribution >= 0.6 is 0 Å². The second-order valence-electron chi connectivity index (χ2n) is 2.56. The Morgan fingerprint density at radius 3 is 1.09 bits per heavy atom. The monoisotopic (exact) mass is 146 g/mol. The van der Waals surface area contributed by atoms with Crippen molar-refractivity contribution in [1.82, 2.24) is 0 Å². The average molecular weight is 146 g/mol. The van der Waals surface area contributed by atoms with Crippen molar-refractivity contribution in [3.05, 3.63) is 48.6 Å². The SMILES string of the molecule is C1=CCCC1.c1ccccc1. The first-order valence-electron chi connectivity index (χ1n) is 4.15. The first kappa shape index (κ1) is 8.06. The van der Waals surface area contributed by atoms with Crippen molar-refractivity contribution in [3.63, 3.8) is 0 Å². The molecule has 1 aromatic rings. The van der Waals surface area contributed by atoms with E-state index >= 15 is 0 Å². The summed E-state index contributed by atoms with van der Waals surface area (Å²) in [6.07, 6.45) is 8.50. The van der Waals surface area contributed by atoms with E-state index in [1.807, 2.05) is 36.4 Å². The number of hydrogen-bond donors (Lipinski definition) is 0. The lowest BCUT2D eigenvalue weighted by atomic mass is 10.4. The molecular weight excluding hydrogens is 132 g/mol. The maximum absolute atomic E-state index is 2.24. The summed E-state index contributed by atoms with van der Waals surface area (Å²) in [6, 6.07) is 12.0. The van der Waals surface area contributed by atoms with Crippen molar-refractivity contribution >= 4 is 0 Å². The minimum Gasteiger partial charge on any atom is -0.0885 e. The Morgan fingerprint density at radius 2 is 0.909 bits per heavy atom. The topological polar surface area (TPSA) is 0 Å². The van der Waals surface area contributed by atoms with Crippen molar-refractivity contribution in [3.8, 4) is 0 Å². The third-order valence-electron chi connectivity index (χ3n) is 1.57. The Morgan fingerprint density at radius 1 is 0.545 bits per heavy atom. The van der Waals surface area contributed by atoms with Crippen LogP contribution in [0.2, 0.25) is 0 Å². The highest BCUT2D eigenvalue weighted by Gasteiger charge is 1.84. The van der Waals surface area contributed by atoms with Gasteiger partial charge < -0.3 is 0 Å². The molecule has 0 atom stereocenters. The van der Waals surface area contributed by atoms with Gasteiger partial charge in [0.05, 0.1) is 0 Å². The van der Waals surface area contributed by atoms with Crippen LogP contribution in [0.25, 0.3) is 0 Å². The molecule has 0 bridgehead atoms. The Balaban J connectivity index is 0.000000112. The molecule has 1 aromatic carbocycles. The molecule has 0 heterocycles. The summed E-state index contributed by atoms with van der Waals surface area (Å²) in [7, 11) is 0. The highest BCUT2D eigenvalue weighted by Crippen LogP contribution is 2.05. The highest BCUT2D eigenvalue weighted by atomic mass is 13.9. The molecule has 0 radical (unpaired) electrons. The van der Waals surface area contributed by atoms with Crippen molar-refractivity contribution in [2.24, 2.45) is 0 Å². The molecule has 0 spiro atoms. The molecular formula is C11H14. The number of hydrogen-bond acceptors (Lipinski definition) is 0. The van der Waals surface area contributed by atoms with E-state index in [0.29, 0.717) is 0 Å². The molecule has 0 fully saturated rings. The zero-order valence-corrected chi connectivity index (χ0v) is 6.74. The number of benzene rings is 1. The standard InChI is InChI=1S/C6H6.C5H8/c1-2-4-6-5-3-1;1-2-4-5-3-1/h1-6H;1-2H,3-5H2. The number of rotatable bonds is 0. The highest BCUT2D eigenvalue weighted by molar-refractivity contribution is 4.99. The Hall–Kier alpha value is -1.04. The van der Waals surface area contributed by atoms with E-state index in [9.17, 15) is 0 Å². The summed E-state index contributed by atoms with van der Waals surface area (Å²) >= 11 is 0. The smallest absolute Gasteiger partial charge is 0.0348 e. The lowest BCUT2D eigenvalue weighted by Crippen LogP contribution is -1.50. The van der Waals surface area contributed by atoms with Gasteiger partial charge in [-0.05, 0) is 19.3 Å². The summed E-state index contributed by atoms with van der Waals surface area (Å²) in [5, 5.41) is 0. The van der Waals surface area contributed by atoms with E-state index in [4.69, 9.17) is 0 Å². The molecule has 1 aliphatic carbocycles. The van der Waals surface area contributed by atoms with Gasteiger partial charge in [-0.2, -0.15) is 0 Å². The predicted octanol–water partition coefficient (Wildman–Crippen LogP) is 3.41. The van der Waals surface area contributed by atoms with E-state index in [1.54, 1.807) is 0 Å². The van der Waals surface area contributed by atoms with Crippen LogP contribution in [0.1, 0.15) is 19.3 Å². The van der Waals surface area contributed by atoms with Gasteiger partial charge in [0, 0.05) is 0 Å². The Kier molecular flexibility index (Phi) is 4.19. The van der Waals surface area contributed by atoms with Gasteiger partial charge in [-0.15, -0.1) is 0 Å². The fraction of sp³-hybridized carbons (Fsp3) is 0.273. The largest absolute Gasteiger partial charge is 0.0885 e. The first-order valence-corrected chi connectivity index (χ1v) is 4.15. The van der Waals surface area contributed by atoms with Crippen LogP contribution in [0.5, 0.6) is 0 Å². The average Bonchev–Trinajstić information content (AvgIpc) is 2.64. The molecule has 1 aliphatic rings. The second-order valence-corrected chi connectivity index (χ2v) is 2.56. The summed E-state index contributed by atoms with van der Waals surface area (Å²) < 4.78 is 0. The van der Waals surface area contributed by atoms with E-state index < -0.39 is 0 Å². The van der Waals surface area contributed by atoms with Gasteiger partial charge in [-0.3, -0.25) is 0 Å². The normalized spacial score (nSPS) is 13.8. The van der Waals surface area contributed by atoms with Crippen LogP contribution in [0.15, 0.2) is 48.6 Å². The fourth-order valence-corrected chi connectivity index (χ4v) is 0.974. The predicted molar refractivity (Wildman–Crippen MR) is 49.4 cm³/mol. The van der Waals surface area contributed by atoms with Crippen molar-refractivity contribution in [2.75, 3.05) is 0 Å². The summed E-state index contributed by atoms with van der Waals surface area (Å²) in [4.78, 5) is 0. The Labute approximate surface area is 68.6 Å². The number of allylic oxidation sites excluding steroid dienone is 2. The Bertz CT molecular complexity index is 154. The van der Waals surface area contributed by atoms with Crippen LogP contribution < -0.4 is 0 Å². The second kappa shape index (κ2) is 5.72. The van der Waals surface area contributed by atoms with Gasteiger partial charge >= 0.3 is 0 Å². The molecule has 0 aliphatic heterocycles. The first-order chi connectivity index (χ1) is 5.50. The minimum absolute atomic E-state index is 1.32. The molecule has 0 N–H and O–H groups in total. The molecule has 0 unspecified atom stereocenters. The molecule has 0 saturated carbocycles. The molecule has 58 valence electrons. The van der Waals surface area contributed by atoms with Crippen LogP contribution in [-0.2, 0) is 0 Å². The zero-order chi connectivity index (χ0) is 7.78. The van der Waals surface area contributed by atoms with Crippen molar-refractivity contribution in [2.45, 2.75) is 19.3 Å². The van der Waals surface area contributed by atoms with E-state index in [1.165, 1.54) is 19.3 Å². The molecule has 0 amide bonds. The van der Waals surface area contributed by atoms with E-state index in [-0.39, 0.29) is 0 Å². The fourth-order valence-electron chi connectivity index (χ4n) is 0.974. The maximum atomic E-state index is 2.24. The zero-order valence-electron chi connectivity index (χ0n) is 6.74. The van der Waals surface area contributed by atoms with Gasteiger partial charge in [-0.25, -0.2) is 0 Å². The molecule has 11 heavy (non-hydrogen) atoms. The molecule has 0 aromatic heterocycles. The van der Waals surface area contributed by atoms with Crippen LogP contribution in [-0.4, -0.2) is 0 Å². The minimum atomic E-state index is 1.32. The van der Waals surface area contributed by atoms with E-state index in [0.717, 1.165) is 0 Å². The van der Waals surface area contributed by atoms with Crippen LogP contribution in [0.3, 0.4) is 0 Å². The van der Waals surface area contributed by atoms with Gasteiger partial charge in [0.15, 0.2) is 0 Å². The van der Waals surface area contributed by atoms with Gasteiger partial charge in [0.1, 0.15) is 0 Å². The molecule has 0 heteroatoms. The molecule has 0 nitrogen and oxygen atoms in total. The van der Waals surface area contributed by atoms with Gasteiger partial charge in [-0.1, -0.05) is 48.6 Å². The van der Waals surface area contributed by atoms with Gasteiger partial charge in [0.2, 0.25) is 0 Å². The lowest BCUT2D eigenvalue weighted by molar-refractivity contribution is 0.929. The summed E-state index contributed by atoms with van der Waals surface area (Å²) in [5.74, 6) is 0. The third kappa shape index (κ3) is 4.38. The molecule has 0 saturated heterocycles.